The molecule has 0 aliphatic heterocycles. The molecular weight excluding hydrogens is 520 g/mol. The van der Waals surface area contributed by atoms with E-state index in [1.165, 1.54) is 12.1 Å². The van der Waals surface area contributed by atoms with Gasteiger partial charge >= 0.3 is 12.1 Å². The van der Waals surface area contributed by atoms with Crippen LogP contribution >= 0.6 is 11.6 Å². The molecule has 206 valence electrons. The Morgan fingerprint density at radius 1 is 1.10 bits per heavy atom. The largest absolute Gasteiger partial charge is 0.478 e. The van der Waals surface area contributed by atoms with Crippen molar-refractivity contribution in [3.8, 4) is 11.5 Å². The SMILES string of the molecule is Cc1ccc([C@@H](O)CN(C(=O)OC(C)(C)C)[C@H]2CCc3ccc(Oc4ccc(Cl)c(C(=O)O)c4)cc3C2)cn1. The van der Waals surface area contributed by atoms with Crippen molar-refractivity contribution in [1.82, 2.24) is 9.88 Å². The Labute approximate surface area is 233 Å². The highest BCUT2D eigenvalue weighted by Gasteiger charge is 2.33. The van der Waals surface area contributed by atoms with E-state index in [2.05, 4.69) is 4.98 Å². The first-order chi connectivity index (χ1) is 18.4. The second-order valence-corrected chi connectivity index (χ2v) is 11.2. The second-order valence-electron chi connectivity index (χ2n) is 10.8. The van der Waals surface area contributed by atoms with Gasteiger partial charge in [0.1, 0.15) is 17.1 Å². The molecule has 0 saturated heterocycles. The van der Waals surface area contributed by atoms with Crippen molar-refractivity contribution in [2.75, 3.05) is 6.54 Å². The summed E-state index contributed by atoms with van der Waals surface area (Å²) in [5, 5.41) is 20.5. The number of aliphatic hydroxyl groups is 1. The second kappa shape index (κ2) is 11.6. The number of aliphatic hydroxyl groups excluding tert-OH is 1. The van der Waals surface area contributed by atoms with E-state index >= 15 is 0 Å². The van der Waals surface area contributed by atoms with Gasteiger partial charge in [0.2, 0.25) is 0 Å². The highest BCUT2D eigenvalue weighted by atomic mass is 35.5. The standard InChI is InChI=1S/C30H33ClN2O6/c1-18-5-6-20(16-32-18)27(34)17-33(29(37)39-30(2,3)4)22-9-7-19-8-10-23(14-21(19)13-22)38-24-11-12-26(31)25(15-24)28(35)36/h5-6,8,10-12,14-16,22,27,34H,7,9,13,17H2,1-4H3,(H,35,36)/t22-,27-/m0/s1. The number of hydrogen-bond donors (Lipinski definition) is 2. The van der Waals surface area contributed by atoms with Crippen LogP contribution in [-0.2, 0) is 17.6 Å². The van der Waals surface area contributed by atoms with E-state index in [9.17, 15) is 19.8 Å². The first kappa shape index (κ1) is 28.4. The van der Waals surface area contributed by atoms with Gasteiger partial charge in [0, 0.05) is 23.5 Å². The van der Waals surface area contributed by atoms with Crippen LogP contribution in [0.4, 0.5) is 4.79 Å². The van der Waals surface area contributed by atoms with Gasteiger partial charge in [0.05, 0.1) is 23.2 Å². The van der Waals surface area contributed by atoms with Gasteiger partial charge in [-0.2, -0.15) is 0 Å². The van der Waals surface area contributed by atoms with Crippen LogP contribution in [0.25, 0.3) is 0 Å². The van der Waals surface area contributed by atoms with E-state index < -0.39 is 23.8 Å². The minimum Gasteiger partial charge on any atom is -0.478 e. The number of benzene rings is 2. The lowest BCUT2D eigenvalue weighted by Gasteiger charge is -2.37. The number of carboxylic acids is 1. The number of aryl methyl sites for hydroxylation is 2. The monoisotopic (exact) mass is 552 g/mol. The first-order valence-corrected chi connectivity index (χ1v) is 13.2. The number of nitrogens with zero attached hydrogens (tertiary/aromatic N) is 2. The van der Waals surface area contributed by atoms with Crippen LogP contribution in [0.5, 0.6) is 11.5 Å². The van der Waals surface area contributed by atoms with Gasteiger partial charge in [-0.25, -0.2) is 9.59 Å². The van der Waals surface area contributed by atoms with Gasteiger partial charge in [-0.05, 0) is 94.5 Å². The fourth-order valence-corrected chi connectivity index (χ4v) is 4.77. The Kier molecular flexibility index (Phi) is 8.47. The van der Waals surface area contributed by atoms with E-state index in [0.29, 0.717) is 29.9 Å². The number of aromatic carboxylic acids is 1. The lowest BCUT2D eigenvalue weighted by atomic mass is 9.87. The Morgan fingerprint density at radius 3 is 2.49 bits per heavy atom. The molecule has 0 fully saturated rings. The number of carboxylic acid groups (broad SMARTS) is 1. The number of carbonyl (C=O) groups is 2. The normalized spacial score (nSPS) is 15.7. The van der Waals surface area contributed by atoms with Crippen LogP contribution in [0.1, 0.15) is 66.0 Å². The molecule has 2 atom stereocenters. The van der Waals surface area contributed by atoms with Crippen molar-refractivity contribution in [3.05, 3.63) is 87.7 Å². The molecule has 0 spiro atoms. The summed E-state index contributed by atoms with van der Waals surface area (Å²) in [7, 11) is 0. The van der Waals surface area contributed by atoms with Crippen LogP contribution in [0.2, 0.25) is 5.02 Å². The van der Waals surface area contributed by atoms with Gasteiger partial charge in [0.25, 0.3) is 0 Å². The maximum absolute atomic E-state index is 13.3. The summed E-state index contributed by atoms with van der Waals surface area (Å²) >= 11 is 5.98. The molecule has 2 N–H and O–H groups in total. The molecule has 9 heteroatoms. The topological polar surface area (TPSA) is 109 Å². The maximum atomic E-state index is 13.3. The molecule has 4 rings (SSSR count). The van der Waals surface area contributed by atoms with Gasteiger partial charge in [-0.1, -0.05) is 23.7 Å². The van der Waals surface area contributed by atoms with Crippen LogP contribution in [0, 0.1) is 6.92 Å². The molecule has 0 saturated carbocycles. The van der Waals surface area contributed by atoms with Gasteiger partial charge < -0.3 is 24.6 Å². The average Bonchev–Trinajstić information content (AvgIpc) is 2.87. The lowest BCUT2D eigenvalue weighted by Crippen LogP contribution is -2.47. The van der Waals surface area contributed by atoms with E-state index in [0.717, 1.165) is 23.2 Å². The third-order valence-electron chi connectivity index (χ3n) is 6.54. The minimum absolute atomic E-state index is 0.0393. The number of fused-ring (bicyclic) bond motifs is 1. The number of hydrogen-bond acceptors (Lipinski definition) is 6. The molecule has 2 aromatic carbocycles. The number of halogens is 1. The number of amides is 1. The summed E-state index contributed by atoms with van der Waals surface area (Å²) in [4.78, 5) is 30.6. The Balaban J connectivity index is 1.56. The third-order valence-corrected chi connectivity index (χ3v) is 6.87. The predicted molar refractivity (Wildman–Crippen MR) is 148 cm³/mol. The molecule has 1 amide bonds. The van der Waals surface area contributed by atoms with Crippen LogP contribution in [-0.4, -0.2) is 50.3 Å². The van der Waals surface area contributed by atoms with E-state index in [1.54, 1.807) is 17.2 Å². The number of rotatable bonds is 7. The Morgan fingerprint density at radius 2 is 1.82 bits per heavy atom. The molecule has 0 radical (unpaired) electrons. The van der Waals surface area contributed by atoms with Crippen molar-refractivity contribution < 1.29 is 29.3 Å². The number of ether oxygens (including phenoxy) is 2. The number of aromatic nitrogens is 1. The summed E-state index contributed by atoms with van der Waals surface area (Å²) in [5.41, 5.74) is 2.90. The van der Waals surface area contributed by atoms with Crippen LogP contribution < -0.4 is 4.74 Å². The van der Waals surface area contributed by atoms with Crippen molar-refractivity contribution in [1.29, 1.82) is 0 Å². The summed E-state index contributed by atoms with van der Waals surface area (Å²) in [6.45, 7) is 7.39. The predicted octanol–water partition coefficient (Wildman–Crippen LogP) is 6.36. The van der Waals surface area contributed by atoms with Crippen molar-refractivity contribution >= 4 is 23.7 Å². The fraction of sp³-hybridized carbons (Fsp3) is 0.367. The van der Waals surface area contributed by atoms with E-state index in [4.69, 9.17) is 21.1 Å². The molecule has 1 aliphatic rings. The molecule has 0 unspecified atom stereocenters. The van der Waals surface area contributed by atoms with Gasteiger partial charge in [-0.15, -0.1) is 0 Å². The molecule has 1 heterocycles. The first-order valence-electron chi connectivity index (χ1n) is 12.8. The highest BCUT2D eigenvalue weighted by Crippen LogP contribution is 2.32. The highest BCUT2D eigenvalue weighted by molar-refractivity contribution is 6.33. The summed E-state index contributed by atoms with van der Waals surface area (Å²) in [6.07, 6.45) is 2.22. The van der Waals surface area contributed by atoms with Crippen molar-refractivity contribution in [3.63, 3.8) is 0 Å². The van der Waals surface area contributed by atoms with E-state index in [1.807, 2.05) is 58.0 Å². The van der Waals surface area contributed by atoms with Crippen molar-refractivity contribution in [2.24, 2.45) is 0 Å². The molecule has 0 bridgehead atoms. The molecule has 39 heavy (non-hydrogen) atoms. The molecule has 1 aromatic heterocycles. The summed E-state index contributed by atoms with van der Waals surface area (Å²) < 4.78 is 11.7. The molecule has 1 aliphatic carbocycles. The maximum Gasteiger partial charge on any atom is 0.410 e. The number of carbonyl (C=O) groups excluding carboxylic acids is 1. The van der Waals surface area contributed by atoms with Crippen LogP contribution in [0.15, 0.2) is 54.7 Å². The third kappa shape index (κ3) is 7.28. The summed E-state index contributed by atoms with van der Waals surface area (Å²) in [6, 6.07) is 13.7. The Hall–Kier alpha value is -3.62. The zero-order valence-electron chi connectivity index (χ0n) is 22.5. The van der Waals surface area contributed by atoms with Gasteiger partial charge in [-0.3, -0.25) is 4.98 Å². The fourth-order valence-electron chi connectivity index (χ4n) is 4.57. The molecular formula is C30H33ClN2O6. The van der Waals surface area contributed by atoms with Crippen molar-refractivity contribution in [2.45, 2.75) is 64.7 Å². The van der Waals surface area contributed by atoms with Gasteiger partial charge in [0.15, 0.2) is 0 Å². The smallest absolute Gasteiger partial charge is 0.410 e. The lowest BCUT2D eigenvalue weighted by molar-refractivity contribution is 0.00190. The zero-order valence-corrected chi connectivity index (χ0v) is 23.2. The summed E-state index contributed by atoms with van der Waals surface area (Å²) in [5.74, 6) is -0.235. The molecule has 3 aromatic rings. The minimum atomic E-state index is -1.13. The quantitative estimate of drug-likeness (QED) is 0.351. The Bertz CT molecular complexity index is 1350. The molecule has 8 nitrogen and oxygen atoms in total. The zero-order chi connectivity index (χ0) is 28.3. The van der Waals surface area contributed by atoms with Crippen LogP contribution in [0.3, 0.4) is 0 Å². The number of pyridine rings is 1. The van der Waals surface area contributed by atoms with E-state index in [-0.39, 0.29) is 23.2 Å². The average molecular weight is 553 g/mol.